The minimum absolute atomic E-state index is 0.721. The van der Waals surface area contributed by atoms with E-state index in [9.17, 15) is 0 Å². The van der Waals surface area contributed by atoms with Crippen LogP contribution in [0.4, 0.5) is 5.69 Å². The van der Waals surface area contributed by atoms with E-state index >= 15 is 0 Å². The van der Waals surface area contributed by atoms with E-state index in [1.54, 1.807) is 0 Å². The monoisotopic (exact) mass is 272 g/mol. The second kappa shape index (κ2) is 11.3. The largest absolute Gasteiger partial charge is 0.385 e. The zero-order valence-electron chi connectivity index (χ0n) is 12.8. The number of nitrogens with zero attached hydrogens (tertiary/aromatic N) is 1. The normalized spacial score (nSPS) is 10.2. The molecule has 0 heterocycles. The van der Waals surface area contributed by atoms with Crippen molar-refractivity contribution in [2.24, 2.45) is 0 Å². The van der Waals surface area contributed by atoms with Gasteiger partial charge in [-0.05, 0) is 30.7 Å². The van der Waals surface area contributed by atoms with Crippen molar-refractivity contribution in [3.8, 4) is 6.07 Å². The maximum Gasteiger partial charge on any atom is 0.0991 e. The van der Waals surface area contributed by atoms with Crippen molar-refractivity contribution in [3.63, 3.8) is 0 Å². The van der Waals surface area contributed by atoms with Crippen LogP contribution in [-0.4, -0.2) is 6.54 Å². The Bertz CT molecular complexity index is 375. The van der Waals surface area contributed by atoms with Gasteiger partial charge in [0.1, 0.15) is 0 Å². The van der Waals surface area contributed by atoms with E-state index in [4.69, 9.17) is 5.26 Å². The lowest BCUT2D eigenvalue weighted by Gasteiger charge is -2.06. The van der Waals surface area contributed by atoms with Crippen LogP contribution in [0.1, 0.15) is 70.3 Å². The summed E-state index contributed by atoms with van der Waals surface area (Å²) in [5.74, 6) is 0. The summed E-state index contributed by atoms with van der Waals surface area (Å²) in [6, 6.07) is 9.81. The van der Waals surface area contributed by atoms with Crippen molar-refractivity contribution in [3.05, 3.63) is 29.8 Å². The van der Waals surface area contributed by atoms with Gasteiger partial charge in [-0.25, -0.2) is 0 Å². The molecule has 0 unspecified atom stereocenters. The molecule has 0 aliphatic carbocycles. The predicted molar refractivity (Wildman–Crippen MR) is 86.9 cm³/mol. The number of anilines is 1. The highest BCUT2D eigenvalue weighted by Gasteiger charge is 1.94. The third-order valence-electron chi connectivity index (χ3n) is 3.62. The Balaban J connectivity index is 1.93. The second-order valence-corrected chi connectivity index (χ2v) is 5.44. The molecule has 0 saturated carbocycles. The molecule has 1 aromatic carbocycles. The van der Waals surface area contributed by atoms with Gasteiger partial charge in [0.25, 0.3) is 0 Å². The first-order valence-electron chi connectivity index (χ1n) is 8.11. The van der Waals surface area contributed by atoms with Gasteiger partial charge in [0.15, 0.2) is 0 Å². The van der Waals surface area contributed by atoms with Crippen LogP contribution < -0.4 is 5.32 Å². The van der Waals surface area contributed by atoms with Crippen LogP contribution in [0.5, 0.6) is 0 Å². The Labute approximate surface area is 124 Å². The molecule has 1 N–H and O–H groups in total. The molecule has 0 aliphatic heterocycles. The summed E-state index contributed by atoms with van der Waals surface area (Å²) in [4.78, 5) is 0. The second-order valence-electron chi connectivity index (χ2n) is 5.44. The number of rotatable bonds is 11. The van der Waals surface area contributed by atoms with Gasteiger partial charge in [0.2, 0.25) is 0 Å². The van der Waals surface area contributed by atoms with Gasteiger partial charge in [-0.15, -0.1) is 0 Å². The standard InChI is InChI=1S/C18H28N2/c1-2-3-4-5-6-7-8-9-10-15-20-18-13-11-17(16-19)12-14-18/h11-14,20H,2-10,15H2,1H3. The Morgan fingerprint density at radius 1 is 0.850 bits per heavy atom. The van der Waals surface area contributed by atoms with E-state index in [1.807, 2.05) is 24.3 Å². The van der Waals surface area contributed by atoms with Crippen LogP contribution in [0.2, 0.25) is 0 Å². The average molecular weight is 272 g/mol. The maximum absolute atomic E-state index is 8.72. The zero-order chi connectivity index (χ0) is 14.5. The number of nitrogens with one attached hydrogen (secondary N) is 1. The van der Waals surface area contributed by atoms with E-state index in [-0.39, 0.29) is 0 Å². The smallest absolute Gasteiger partial charge is 0.0991 e. The van der Waals surface area contributed by atoms with Crippen LogP contribution in [0.25, 0.3) is 0 Å². The van der Waals surface area contributed by atoms with Crippen molar-refractivity contribution in [2.75, 3.05) is 11.9 Å². The molecular formula is C18H28N2. The SMILES string of the molecule is CCCCCCCCCCCNc1ccc(C#N)cc1. The molecule has 0 aliphatic rings. The number of hydrogen-bond acceptors (Lipinski definition) is 2. The van der Waals surface area contributed by atoms with Gasteiger partial charge in [0.05, 0.1) is 11.6 Å². The van der Waals surface area contributed by atoms with E-state index in [2.05, 4.69) is 18.3 Å². The molecule has 0 aromatic heterocycles. The fraction of sp³-hybridized carbons (Fsp3) is 0.611. The van der Waals surface area contributed by atoms with Crippen LogP contribution in [0, 0.1) is 11.3 Å². The fourth-order valence-corrected chi connectivity index (χ4v) is 2.33. The highest BCUT2D eigenvalue weighted by Crippen LogP contribution is 2.11. The first-order chi connectivity index (χ1) is 9.86. The lowest BCUT2D eigenvalue weighted by molar-refractivity contribution is 0.569. The molecule has 2 nitrogen and oxygen atoms in total. The Morgan fingerprint density at radius 3 is 1.95 bits per heavy atom. The van der Waals surface area contributed by atoms with Crippen molar-refractivity contribution >= 4 is 5.69 Å². The highest BCUT2D eigenvalue weighted by molar-refractivity contribution is 5.46. The van der Waals surface area contributed by atoms with Crippen molar-refractivity contribution in [2.45, 2.75) is 64.7 Å². The predicted octanol–water partition coefficient (Wildman–Crippen LogP) is 5.50. The van der Waals surface area contributed by atoms with Crippen LogP contribution >= 0.6 is 0 Å². The van der Waals surface area contributed by atoms with E-state index < -0.39 is 0 Å². The minimum atomic E-state index is 0.721. The molecule has 0 saturated heterocycles. The quantitative estimate of drug-likeness (QED) is 0.540. The molecule has 0 bridgehead atoms. The third-order valence-corrected chi connectivity index (χ3v) is 3.62. The Kier molecular flexibility index (Phi) is 9.40. The van der Waals surface area contributed by atoms with Crippen LogP contribution in [-0.2, 0) is 0 Å². The molecule has 1 rings (SSSR count). The summed E-state index contributed by atoms with van der Waals surface area (Å²) in [6.45, 7) is 3.29. The lowest BCUT2D eigenvalue weighted by atomic mass is 10.1. The topological polar surface area (TPSA) is 35.8 Å². The van der Waals surface area contributed by atoms with Crippen LogP contribution in [0.15, 0.2) is 24.3 Å². The first kappa shape index (κ1) is 16.6. The highest BCUT2D eigenvalue weighted by atomic mass is 14.9. The van der Waals surface area contributed by atoms with Gasteiger partial charge in [-0.3, -0.25) is 0 Å². The van der Waals surface area contributed by atoms with E-state index in [0.29, 0.717) is 0 Å². The Morgan fingerprint density at radius 2 is 1.40 bits per heavy atom. The molecule has 0 radical (unpaired) electrons. The number of benzene rings is 1. The molecule has 110 valence electrons. The molecule has 20 heavy (non-hydrogen) atoms. The van der Waals surface area contributed by atoms with Gasteiger partial charge in [-0.2, -0.15) is 5.26 Å². The van der Waals surface area contributed by atoms with E-state index in [1.165, 1.54) is 57.8 Å². The molecular weight excluding hydrogens is 244 g/mol. The average Bonchev–Trinajstić information content (AvgIpc) is 2.50. The summed E-state index contributed by atoms with van der Waals surface area (Å²) < 4.78 is 0. The van der Waals surface area contributed by atoms with Crippen molar-refractivity contribution < 1.29 is 0 Å². The molecule has 0 fully saturated rings. The molecule has 0 atom stereocenters. The van der Waals surface area contributed by atoms with Crippen molar-refractivity contribution in [1.82, 2.24) is 0 Å². The van der Waals surface area contributed by atoms with Crippen molar-refractivity contribution in [1.29, 1.82) is 5.26 Å². The number of hydrogen-bond donors (Lipinski definition) is 1. The zero-order valence-corrected chi connectivity index (χ0v) is 12.8. The number of unbranched alkanes of at least 4 members (excludes halogenated alkanes) is 8. The minimum Gasteiger partial charge on any atom is -0.385 e. The summed E-state index contributed by atoms with van der Waals surface area (Å²) in [5, 5.41) is 12.1. The fourth-order valence-electron chi connectivity index (χ4n) is 2.33. The van der Waals surface area contributed by atoms with Gasteiger partial charge < -0.3 is 5.32 Å². The molecule has 0 spiro atoms. The van der Waals surface area contributed by atoms with Gasteiger partial charge >= 0.3 is 0 Å². The summed E-state index contributed by atoms with van der Waals surface area (Å²) in [5.41, 5.74) is 1.84. The van der Waals surface area contributed by atoms with Crippen LogP contribution in [0.3, 0.4) is 0 Å². The summed E-state index contributed by atoms with van der Waals surface area (Å²) in [6.07, 6.45) is 12.3. The Hall–Kier alpha value is -1.49. The lowest BCUT2D eigenvalue weighted by Crippen LogP contribution is -2.01. The molecule has 2 heteroatoms. The molecule has 1 aromatic rings. The summed E-state index contributed by atoms with van der Waals surface area (Å²) >= 11 is 0. The third kappa shape index (κ3) is 7.84. The molecule has 0 amide bonds. The maximum atomic E-state index is 8.72. The summed E-state index contributed by atoms with van der Waals surface area (Å²) in [7, 11) is 0. The van der Waals surface area contributed by atoms with Gasteiger partial charge in [0, 0.05) is 12.2 Å². The first-order valence-corrected chi connectivity index (χ1v) is 8.11. The number of nitriles is 1. The van der Waals surface area contributed by atoms with Gasteiger partial charge in [-0.1, -0.05) is 58.3 Å². The van der Waals surface area contributed by atoms with E-state index in [0.717, 1.165) is 17.8 Å².